The van der Waals surface area contributed by atoms with E-state index in [1.807, 2.05) is 0 Å². The van der Waals surface area contributed by atoms with E-state index in [1.165, 1.54) is 18.2 Å². The number of aromatic carboxylic acids is 1. The van der Waals surface area contributed by atoms with Crippen molar-refractivity contribution in [3.63, 3.8) is 0 Å². The van der Waals surface area contributed by atoms with Crippen LogP contribution in [0.3, 0.4) is 0 Å². The van der Waals surface area contributed by atoms with Crippen molar-refractivity contribution in [3.05, 3.63) is 29.6 Å². The minimum absolute atomic E-state index is 0.0960. The molecule has 20 heavy (non-hydrogen) atoms. The van der Waals surface area contributed by atoms with Gasteiger partial charge >= 0.3 is 5.97 Å². The van der Waals surface area contributed by atoms with Gasteiger partial charge in [-0.15, -0.1) is 0 Å². The number of carboxylic acids is 1. The van der Waals surface area contributed by atoms with Crippen molar-refractivity contribution in [1.29, 1.82) is 0 Å². The van der Waals surface area contributed by atoms with Crippen molar-refractivity contribution in [2.45, 2.75) is 19.3 Å². The zero-order chi connectivity index (χ0) is 14.5. The summed E-state index contributed by atoms with van der Waals surface area (Å²) in [5.41, 5.74) is -0.304. The van der Waals surface area contributed by atoms with Gasteiger partial charge in [-0.25, -0.2) is 9.18 Å². The molecule has 1 heterocycles. The molecule has 0 unspecified atom stereocenters. The number of carbonyl (C=O) groups is 2. The summed E-state index contributed by atoms with van der Waals surface area (Å²) in [4.78, 5) is 24.7. The monoisotopic (exact) mass is 280 g/mol. The lowest BCUT2D eigenvalue weighted by molar-refractivity contribution is -0.130. The van der Waals surface area contributed by atoms with Crippen molar-refractivity contribution in [3.8, 4) is 0 Å². The molecule has 0 spiro atoms. The van der Waals surface area contributed by atoms with Crippen molar-refractivity contribution in [2.24, 2.45) is 0 Å². The van der Waals surface area contributed by atoms with Crippen LogP contribution in [0.2, 0.25) is 0 Å². The van der Waals surface area contributed by atoms with Gasteiger partial charge in [0.2, 0.25) is 5.91 Å². The molecule has 0 aliphatic carbocycles. The number of carboxylic acid groups (broad SMARTS) is 1. The quantitative estimate of drug-likeness (QED) is 0.884. The van der Waals surface area contributed by atoms with E-state index in [2.05, 4.69) is 5.32 Å². The normalized spacial score (nSPS) is 14.9. The van der Waals surface area contributed by atoms with E-state index in [4.69, 9.17) is 5.11 Å². The van der Waals surface area contributed by atoms with Crippen molar-refractivity contribution in [1.82, 2.24) is 4.90 Å². The number of hydrogen-bond acceptors (Lipinski definition) is 3. The molecule has 0 saturated carbocycles. The molecule has 108 valence electrons. The summed E-state index contributed by atoms with van der Waals surface area (Å²) in [6, 6.07) is 3.80. The van der Waals surface area contributed by atoms with Crippen LogP contribution < -0.4 is 5.32 Å². The summed E-state index contributed by atoms with van der Waals surface area (Å²) in [5, 5.41) is 11.6. The molecular formula is C14H17FN2O3. The van der Waals surface area contributed by atoms with Gasteiger partial charge < -0.3 is 15.3 Å². The second-order valence-electron chi connectivity index (χ2n) is 4.76. The van der Waals surface area contributed by atoms with Crippen LogP contribution in [0.1, 0.15) is 29.6 Å². The lowest BCUT2D eigenvalue weighted by Crippen LogP contribution is -2.39. The predicted molar refractivity (Wildman–Crippen MR) is 72.3 cm³/mol. The minimum atomic E-state index is -1.22. The van der Waals surface area contributed by atoms with E-state index in [-0.39, 0.29) is 23.7 Å². The molecule has 1 aliphatic rings. The highest BCUT2D eigenvalue weighted by molar-refractivity contribution is 5.95. The molecule has 0 radical (unpaired) electrons. The van der Waals surface area contributed by atoms with E-state index in [1.54, 1.807) is 4.90 Å². The molecule has 1 fully saturated rings. The fraction of sp³-hybridized carbons (Fsp3) is 0.429. The molecule has 6 heteroatoms. The lowest BCUT2D eigenvalue weighted by Gasteiger charge is -2.27. The number of nitrogens with zero attached hydrogens (tertiary/aromatic N) is 1. The van der Waals surface area contributed by atoms with Crippen LogP contribution in [-0.4, -0.2) is 41.5 Å². The van der Waals surface area contributed by atoms with Gasteiger partial charge in [0.25, 0.3) is 0 Å². The Morgan fingerprint density at radius 1 is 1.25 bits per heavy atom. The fourth-order valence-corrected chi connectivity index (χ4v) is 2.30. The summed E-state index contributed by atoms with van der Waals surface area (Å²) in [6.45, 7) is 1.33. The van der Waals surface area contributed by atoms with Gasteiger partial charge in [0.05, 0.1) is 17.8 Å². The number of carbonyl (C=O) groups excluding carboxylic acids is 1. The van der Waals surface area contributed by atoms with Crippen LogP contribution in [0, 0.1) is 5.82 Å². The first-order chi connectivity index (χ1) is 9.59. The second kappa shape index (κ2) is 6.36. The maximum atomic E-state index is 13.7. The third-order valence-electron chi connectivity index (χ3n) is 3.37. The van der Waals surface area contributed by atoms with E-state index >= 15 is 0 Å². The highest BCUT2D eigenvalue weighted by atomic mass is 19.1. The molecule has 1 saturated heterocycles. The lowest BCUT2D eigenvalue weighted by atomic mass is 10.1. The Morgan fingerprint density at radius 2 is 1.95 bits per heavy atom. The van der Waals surface area contributed by atoms with E-state index in [0.717, 1.165) is 19.3 Å². The third kappa shape index (κ3) is 3.26. The standard InChI is InChI=1S/C14H17FN2O3/c15-11-6-4-5-10(14(19)20)13(11)16-9-12(18)17-7-2-1-3-8-17/h4-6,16H,1-3,7-9H2,(H,19,20). The Bertz CT molecular complexity index is 513. The Morgan fingerprint density at radius 3 is 2.60 bits per heavy atom. The van der Waals surface area contributed by atoms with Gasteiger partial charge in [-0.05, 0) is 31.4 Å². The smallest absolute Gasteiger partial charge is 0.337 e. The number of benzene rings is 1. The highest BCUT2D eigenvalue weighted by Crippen LogP contribution is 2.20. The average Bonchev–Trinajstić information content (AvgIpc) is 2.46. The second-order valence-corrected chi connectivity index (χ2v) is 4.76. The van der Waals surface area contributed by atoms with Crippen LogP contribution in [0.15, 0.2) is 18.2 Å². The average molecular weight is 280 g/mol. The summed E-state index contributed by atoms with van der Waals surface area (Å²) >= 11 is 0. The molecule has 2 rings (SSSR count). The molecule has 0 aromatic heterocycles. The Balaban J connectivity index is 2.03. The van der Waals surface area contributed by atoms with E-state index < -0.39 is 11.8 Å². The highest BCUT2D eigenvalue weighted by Gasteiger charge is 2.18. The summed E-state index contributed by atoms with van der Waals surface area (Å²) in [7, 11) is 0. The SMILES string of the molecule is O=C(O)c1cccc(F)c1NCC(=O)N1CCCCC1. The summed E-state index contributed by atoms with van der Waals surface area (Å²) in [5.74, 6) is -2.03. The van der Waals surface area contributed by atoms with Crippen LogP contribution >= 0.6 is 0 Å². The Hall–Kier alpha value is -2.11. The maximum absolute atomic E-state index is 13.7. The van der Waals surface area contributed by atoms with Crippen molar-refractivity contribution in [2.75, 3.05) is 25.0 Å². The molecular weight excluding hydrogens is 263 g/mol. The van der Waals surface area contributed by atoms with Gasteiger partial charge in [0.1, 0.15) is 5.82 Å². The number of halogens is 1. The molecule has 1 amide bonds. The van der Waals surface area contributed by atoms with E-state index in [0.29, 0.717) is 13.1 Å². The van der Waals surface area contributed by atoms with Gasteiger partial charge in [-0.2, -0.15) is 0 Å². The van der Waals surface area contributed by atoms with Gasteiger partial charge in [0.15, 0.2) is 0 Å². The molecule has 1 aromatic rings. The number of rotatable bonds is 4. The molecule has 0 atom stereocenters. The summed E-state index contributed by atoms with van der Waals surface area (Å²) < 4.78 is 13.7. The summed E-state index contributed by atoms with van der Waals surface area (Å²) in [6.07, 6.45) is 3.07. The zero-order valence-corrected chi connectivity index (χ0v) is 11.1. The van der Waals surface area contributed by atoms with Crippen molar-refractivity contribution >= 4 is 17.6 Å². The topological polar surface area (TPSA) is 69.6 Å². The number of anilines is 1. The van der Waals surface area contributed by atoms with Crippen LogP contribution in [0.25, 0.3) is 0 Å². The molecule has 1 aromatic carbocycles. The van der Waals surface area contributed by atoms with Gasteiger partial charge in [-0.3, -0.25) is 4.79 Å². The van der Waals surface area contributed by atoms with Crippen molar-refractivity contribution < 1.29 is 19.1 Å². The van der Waals surface area contributed by atoms with Crippen LogP contribution in [0.5, 0.6) is 0 Å². The number of nitrogens with one attached hydrogen (secondary N) is 1. The van der Waals surface area contributed by atoms with Crippen LogP contribution in [-0.2, 0) is 4.79 Å². The Labute approximate surface area is 116 Å². The van der Waals surface area contributed by atoms with E-state index in [9.17, 15) is 14.0 Å². The largest absolute Gasteiger partial charge is 0.478 e. The first-order valence-electron chi connectivity index (χ1n) is 6.63. The fourth-order valence-electron chi connectivity index (χ4n) is 2.30. The van der Waals surface area contributed by atoms with Gasteiger partial charge in [-0.1, -0.05) is 6.07 Å². The number of para-hydroxylation sites is 1. The van der Waals surface area contributed by atoms with Crippen LogP contribution in [0.4, 0.5) is 10.1 Å². The first-order valence-corrected chi connectivity index (χ1v) is 6.63. The predicted octanol–water partition coefficient (Wildman–Crippen LogP) is 1.95. The molecule has 1 aliphatic heterocycles. The number of likely N-dealkylation sites (tertiary alicyclic amines) is 1. The van der Waals surface area contributed by atoms with Gasteiger partial charge in [0, 0.05) is 13.1 Å². The minimum Gasteiger partial charge on any atom is -0.478 e. The Kier molecular flexibility index (Phi) is 4.55. The molecule has 0 bridgehead atoms. The number of amides is 1. The number of piperidine rings is 1. The number of hydrogen-bond donors (Lipinski definition) is 2. The first kappa shape index (κ1) is 14.3. The zero-order valence-electron chi connectivity index (χ0n) is 11.1. The molecule has 2 N–H and O–H groups in total. The molecule has 5 nitrogen and oxygen atoms in total. The maximum Gasteiger partial charge on any atom is 0.337 e. The third-order valence-corrected chi connectivity index (χ3v) is 3.37.